The summed E-state index contributed by atoms with van der Waals surface area (Å²) >= 11 is 6.00. The van der Waals surface area contributed by atoms with Crippen LogP contribution in [0.25, 0.3) is 0 Å². The van der Waals surface area contributed by atoms with Crippen LogP contribution in [0.15, 0.2) is 58.6 Å². The highest BCUT2D eigenvalue weighted by molar-refractivity contribution is 6.29. The molecule has 1 aromatic carbocycles. The van der Waals surface area contributed by atoms with Gasteiger partial charge in [-0.05, 0) is 56.5 Å². The molecule has 188 valence electrons. The van der Waals surface area contributed by atoms with Gasteiger partial charge in [-0.3, -0.25) is 10.0 Å². The molecule has 2 aliphatic rings. The van der Waals surface area contributed by atoms with Gasteiger partial charge in [0, 0.05) is 37.5 Å². The van der Waals surface area contributed by atoms with Crippen molar-refractivity contribution in [1.29, 1.82) is 0 Å². The maximum Gasteiger partial charge on any atom is 0.147 e. The molecular formula is C25H33ClFN7O. The highest BCUT2D eigenvalue weighted by Crippen LogP contribution is 2.30. The first-order chi connectivity index (χ1) is 17.0. The number of hydrazine groups is 1. The highest BCUT2D eigenvalue weighted by atomic mass is 35.5. The van der Waals surface area contributed by atoms with Crippen LogP contribution < -0.4 is 10.7 Å². The molecule has 1 aromatic heterocycles. The molecule has 1 aliphatic carbocycles. The zero-order valence-electron chi connectivity index (χ0n) is 20.4. The predicted octanol–water partition coefficient (Wildman–Crippen LogP) is 3.94. The lowest BCUT2D eigenvalue weighted by molar-refractivity contribution is 0.234. The van der Waals surface area contributed by atoms with Crippen molar-refractivity contribution in [3.8, 4) is 0 Å². The number of methoxy groups -OCH3 is 1. The van der Waals surface area contributed by atoms with Gasteiger partial charge in [0.25, 0.3) is 0 Å². The van der Waals surface area contributed by atoms with Crippen molar-refractivity contribution in [2.24, 2.45) is 9.98 Å². The topological polar surface area (TPSA) is 79.1 Å². The first kappa shape index (κ1) is 25.3. The summed E-state index contributed by atoms with van der Waals surface area (Å²) < 4.78 is 21.2. The zero-order valence-corrected chi connectivity index (χ0v) is 21.2. The van der Waals surface area contributed by atoms with Gasteiger partial charge in [-0.2, -0.15) is 0 Å². The summed E-state index contributed by atoms with van der Waals surface area (Å²) in [5, 5.41) is 5.96. The Hall–Kier alpha value is -2.75. The smallest absolute Gasteiger partial charge is 0.147 e. The molecule has 1 aliphatic heterocycles. The number of halogens is 2. The molecule has 2 aromatic rings. The number of aliphatic imine (C=N–C) groups is 2. The van der Waals surface area contributed by atoms with Crippen LogP contribution in [0, 0.1) is 5.82 Å². The molecule has 0 amide bonds. The summed E-state index contributed by atoms with van der Waals surface area (Å²) in [7, 11) is 5.56. The van der Waals surface area contributed by atoms with Gasteiger partial charge in [0.15, 0.2) is 0 Å². The first-order valence-corrected chi connectivity index (χ1v) is 12.3. The molecule has 0 radical (unpaired) electrons. The van der Waals surface area contributed by atoms with Crippen molar-refractivity contribution < 1.29 is 9.13 Å². The molecule has 8 nitrogen and oxygen atoms in total. The fourth-order valence-electron chi connectivity index (χ4n) is 4.82. The monoisotopic (exact) mass is 501 g/mol. The molecule has 35 heavy (non-hydrogen) atoms. The first-order valence-electron chi connectivity index (χ1n) is 11.9. The van der Waals surface area contributed by atoms with Crippen LogP contribution in [0.1, 0.15) is 43.2 Å². The number of nitrogens with zero attached hydrogens (tertiary/aromatic N) is 5. The van der Waals surface area contributed by atoms with Gasteiger partial charge in [-0.25, -0.2) is 19.8 Å². The minimum Gasteiger partial charge on any atom is -0.499 e. The number of hydrogen-bond acceptors (Lipinski definition) is 6. The maximum atomic E-state index is 13.6. The normalized spacial score (nSPS) is 25.6. The van der Waals surface area contributed by atoms with E-state index in [-0.39, 0.29) is 17.8 Å². The van der Waals surface area contributed by atoms with Crippen molar-refractivity contribution in [3.05, 3.63) is 65.2 Å². The molecule has 0 spiro atoms. The lowest BCUT2D eigenvalue weighted by Crippen LogP contribution is -2.43. The Morgan fingerprint density at radius 1 is 1.20 bits per heavy atom. The van der Waals surface area contributed by atoms with Crippen molar-refractivity contribution in [1.82, 2.24) is 25.3 Å². The number of amidine groups is 1. The Labute approximate surface area is 210 Å². The number of benzene rings is 1. The molecule has 2 heterocycles. The molecular weight excluding hydrogens is 469 g/mol. The van der Waals surface area contributed by atoms with E-state index in [0.717, 1.165) is 55.1 Å². The third-order valence-corrected chi connectivity index (χ3v) is 6.94. The molecule has 2 N–H and O–H groups in total. The minimum atomic E-state index is -0.239. The van der Waals surface area contributed by atoms with E-state index in [0.29, 0.717) is 17.9 Å². The second-order valence-electron chi connectivity index (χ2n) is 8.75. The van der Waals surface area contributed by atoms with E-state index in [1.165, 1.54) is 12.1 Å². The number of nitrogens with one attached hydrogen (secondary N) is 2. The van der Waals surface area contributed by atoms with E-state index in [1.807, 2.05) is 36.9 Å². The second-order valence-corrected chi connectivity index (χ2v) is 9.13. The highest BCUT2D eigenvalue weighted by Gasteiger charge is 2.30. The number of hydrogen-bond donors (Lipinski definition) is 2. The third kappa shape index (κ3) is 6.09. The molecule has 0 saturated carbocycles. The van der Waals surface area contributed by atoms with Gasteiger partial charge in [0.05, 0.1) is 19.5 Å². The fourth-order valence-corrected chi connectivity index (χ4v) is 4.97. The van der Waals surface area contributed by atoms with Crippen molar-refractivity contribution in [2.75, 3.05) is 34.4 Å². The van der Waals surface area contributed by atoms with Gasteiger partial charge >= 0.3 is 0 Å². The van der Waals surface area contributed by atoms with Gasteiger partial charge < -0.3 is 14.6 Å². The second kappa shape index (κ2) is 11.8. The molecule has 3 unspecified atom stereocenters. The molecule has 1 fully saturated rings. The number of imidazole rings is 1. The quantitative estimate of drug-likeness (QED) is 0.600. The number of rotatable bonds is 7. The third-order valence-electron chi connectivity index (χ3n) is 6.74. The zero-order chi connectivity index (χ0) is 24.8. The summed E-state index contributed by atoms with van der Waals surface area (Å²) in [5.41, 5.74) is 5.27. The van der Waals surface area contributed by atoms with E-state index >= 15 is 0 Å². The summed E-state index contributed by atoms with van der Waals surface area (Å²) in [4.78, 5) is 13.8. The van der Waals surface area contributed by atoms with E-state index < -0.39 is 0 Å². The SMILES string of the molecule is CNC1CCN(NC)C(=NCN=C2C=C(OC)C(n3cnc(Cl)c3)CC2)C(c2ccc(F)cc2)C1. The molecule has 4 rings (SSSR count). The average molecular weight is 502 g/mol. The van der Waals surface area contributed by atoms with Crippen LogP contribution in [0.5, 0.6) is 0 Å². The lowest BCUT2D eigenvalue weighted by atomic mass is 9.91. The van der Waals surface area contributed by atoms with Crippen LogP contribution in [-0.4, -0.2) is 66.6 Å². The predicted molar refractivity (Wildman–Crippen MR) is 137 cm³/mol. The number of allylic oxidation sites excluding steroid dienone is 2. The molecule has 10 heteroatoms. The summed E-state index contributed by atoms with van der Waals surface area (Å²) in [6.45, 7) is 1.12. The Morgan fingerprint density at radius 3 is 2.66 bits per heavy atom. The van der Waals surface area contributed by atoms with Crippen molar-refractivity contribution >= 4 is 23.1 Å². The lowest BCUT2D eigenvalue weighted by Gasteiger charge is -2.28. The average Bonchev–Trinajstić information content (AvgIpc) is 3.22. The van der Waals surface area contributed by atoms with Gasteiger partial charge in [-0.15, -0.1) is 0 Å². The minimum absolute atomic E-state index is 0.0232. The Balaban J connectivity index is 1.58. The number of ether oxygens (including phenoxy) is 1. The van der Waals surface area contributed by atoms with Crippen LogP contribution in [0.4, 0.5) is 4.39 Å². The van der Waals surface area contributed by atoms with E-state index in [9.17, 15) is 4.39 Å². The van der Waals surface area contributed by atoms with E-state index in [1.54, 1.807) is 19.6 Å². The van der Waals surface area contributed by atoms with Crippen LogP contribution in [-0.2, 0) is 4.74 Å². The summed E-state index contributed by atoms with van der Waals surface area (Å²) in [5.74, 6) is 1.52. The standard InChI is InChI=1S/C25H33ClFN7O/c1-28-19-10-11-34(29-2)25(21(12-19)17-4-6-18(27)7-5-17)31-15-30-20-8-9-22(23(13-20)35-3)33-14-24(26)32-16-33/h4-7,13-14,16,19,21-22,28-29H,8-12,15H2,1-3H3. The summed E-state index contributed by atoms with van der Waals surface area (Å²) in [6, 6.07) is 7.11. The van der Waals surface area contributed by atoms with Gasteiger partial charge in [0.1, 0.15) is 29.2 Å². The van der Waals surface area contributed by atoms with Crippen LogP contribution in [0.3, 0.4) is 0 Å². The Bertz CT molecular complexity index is 1080. The van der Waals surface area contributed by atoms with E-state index in [4.69, 9.17) is 26.3 Å². The molecule has 0 bridgehead atoms. The Morgan fingerprint density at radius 2 is 2.00 bits per heavy atom. The van der Waals surface area contributed by atoms with Crippen molar-refractivity contribution in [3.63, 3.8) is 0 Å². The summed E-state index contributed by atoms with van der Waals surface area (Å²) in [6.07, 6.45) is 9.00. The molecule has 3 atom stereocenters. The van der Waals surface area contributed by atoms with Crippen LogP contribution in [0.2, 0.25) is 5.15 Å². The number of aromatic nitrogens is 2. The largest absolute Gasteiger partial charge is 0.499 e. The fraction of sp³-hybridized carbons (Fsp3) is 0.480. The Kier molecular flexibility index (Phi) is 8.54. The van der Waals surface area contributed by atoms with Crippen molar-refractivity contribution in [2.45, 2.75) is 43.7 Å². The molecule has 1 saturated heterocycles. The maximum absolute atomic E-state index is 13.6. The van der Waals surface area contributed by atoms with E-state index in [2.05, 4.69) is 20.7 Å². The van der Waals surface area contributed by atoms with Gasteiger partial charge in [0.2, 0.25) is 0 Å². The van der Waals surface area contributed by atoms with Gasteiger partial charge in [-0.1, -0.05) is 23.7 Å². The van der Waals surface area contributed by atoms with Crippen LogP contribution >= 0.6 is 11.6 Å².